The van der Waals surface area contributed by atoms with Crippen LogP contribution in [0.5, 0.6) is 0 Å². The first-order chi connectivity index (χ1) is 10.2. The monoisotopic (exact) mass is 288 g/mol. The Morgan fingerprint density at radius 2 is 2.14 bits per heavy atom. The van der Waals surface area contributed by atoms with Crippen LogP contribution in [0.4, 0.5) is 10.5 Å². The Bertz CT molecular complexity index is 568. The normalized spacial score (nSPS) is 11.9. The summed E-state index contributed by atoms with van der Waals surface area (Å²) in [4.78, 5) is 12.0. The highest BCUT2D eigenvalue weighted by Gasteiger charge is 2.14. The molecule has 21 heavy (non-hydrogen) atoms. The third kappa shape index (κ3) is 4.61. The van der Waals surface area contributed by atoms with Crippen LogP contribution in [0.3, 0.4) is 0 Å². The first kappa shape index (κ1) is 15.1. The van der Waals surface area contributed by atoms with Crippen molar-refractivity contribution >= 4 is 11.7 Å². The van der Waals surface area contributed by atoms with Crippen LogP contribution in [0.25, 0.3) is 0 Å². The van der Waals surface area contributed by atoms with Crippen LogP contribution in [-0.4, -0.2) is 27.5 Å². The summed E-state index contributed by atoms with van der Waals surface area (Å²) in [6.07, 6.45) is 4.63. The Labute approximate surface area is 123 Å². The van der Waals surface area contributed by atoms with Gasteiger partial charge in [-0.25, -0.2) is 4.79 Å². The van der Waals surface area contributed by atoms with Crippen LogP contribution in [0.2, 0.25) is 0 Å². The van der Waals surface area contributed by atoms with Gasteiger partial charge in [0.05, 0.1) is 17.9 Å². The van der Waals surface area contributed by atoms with Gasteiger partial charge >= 0.3 is 6.03 Å². The van der Waals surface area contributed by atoms with E-state index in [4.69, 9.17) is 5.11 Å². The Morgan fingerprint density at radius 3 is 2.76 bits per heavy atom. The first-order valence-electron chi connectivity index (χ1n) is 6.91. The fourth-order valence-electron chi connectivity index (χ4n) is 2.11. The van der Waals surface area contributed by atoms with Crippen LogP contribution in [0.15, 0.2) is 42.7 Å². The van der Waals surface area contributed by atoms with E-state index in [1.54, 1.807) is 24.1 Å². The van der Waals surface area contributed by atoms with E-state index in [1.807, 2.05) is 30.3 Å². The predicted molar refractivity (Wildman–Crippen MR) is 80.9 cm³/mol. The quantitative estimate of drug-likeness (QED) is 0.761. The first-order valence-corrected chi connectivity index (χ1v) is 6.91. The number of carbonyl (C=O) groups excluding carboxylic acids is 1. The molecule has 6 heteroatoms. The number of aliphatic hydroxyl groups is 1. The lowest BCUT2D eigenvalue weighted by atomic mass is 10.0. The molecule has 1 aromatic carbocycles. The zero-order chi connectivity index (χ0) is 15.1. The van der Waals surface area contributed by atoms with E-state index in [-0.39, 0.29) is 18.7 Å². The summed E-state index contributed by atoms with van der Waals surface area (Å²) in [5.41, 5.74) is 1.66. The summed E-state index contributed by atoms with van der Waals surface area (Å²) in [5.74, 6) is 0. The van der Waals surface area contributed by atoms with Gasteiger partial charge in [-0.05, 0) is 18.4 Å². The van der Waals surface area contributed by atoms with Gasteiger partial charge in [0.25, 0.3) is 0 Å². The van der Waals surface area contributed by atoms with Crippen molar-refractivity contribution in [1.82, 2.24) is 15.1 Å². The number of aryl methyl sites for hydroxylation is 1. The third-order valence-electron chi connectivity index (χ3n) is 3.12. The lowest BCUT2D eigenvalue weighted by Gasteiger charge is -2.19. The number of urea groups is 1. The number of benzene rings is 1. The van der Waals surface area contributed by atoms with Crippen molar-refractivity contribution < 1.29 is 9.90 Å². The number of aromatic nitrogens is 2. The van der Waals surface area contributed by atoms with Crippen molar-refractivity contribution in [3.8, 4) is 0 Å². The maximum absolute atomic E-state index is 12.0. The predicted octanol–water partition coefficient (Wildman–Crippen LogP) is 2.06. The fourth-order valence-corrected chi connectivity index (χ4v) is 2.11. The topological polar surface area (TPSA) is 79.2 Å². The Morgan fingerprint density at radius 1 is 1.38 bits per heavy atom. The number of anilines is 1. The van der Waals surface area contributed by atoms with Crippen molar-refractivity contribution in [2.24, 2.45) is 7.05 Å². The highest BCUT2D eigenvalue weighted by Crippen LogP contribution is 2.18. The minimum absolute atomic E-state index is 0.106. The molecule has 0 bridgehead atoms. The van der Waals surface area contributed by atoms with Gasteiger partial charge in [-0.15, -0.1) is 0 Å². The van der Waals surface area contributed by atoms with Crippen LogP contribution in [-0.2, 0) is 7.05 Å². The molecule has 0 spiro atoms. The fraction of sp³-hybridized carbons (Fsp3) is 0.333. The molecule has 0 aliphatic carbocycles. The lowest BCUT2D eigenvalue weighted by Crippen LogP contribution is -2.32. The molecule has 1 aromatic heterocycles. The van der Waals surface area contributed by atoms with Gasteiger partial charge in [-0.1, -0.05) is 30.3 Å². The van der Waals surface area contributed by atoms with E-state index in [9.17, 15) is 4.79 Å². The molecule has 2 amide bonds. The maximum Gasteiger partial charge on any atom is 0.319 e. The number of carbonyl (C=O) groups is 1. The van der Waals surface area contributed by atoms with Gasteiger partial charge in [0.2, 0.25) is 0 Å². The summed E-state index contributed by atoms with van der Waals surface area (Å²) in [5, 5.41) is 18.7. The highest BCUT2D eigenvalue weighted by molar-refractivity contribution is 5.89. The maximum atomic E-state index is 12.0. The summed E-state index contributed by atoms with van der Waals surface area (Å²) in [6.45, 7) is 0.106. The number of hydrogen-bond donors (Lipinski definition) is 3. The van der Waals surface area contributed by atoms with Crippen molar-refractivity contribution in [1.29, 1.82) is 0 Å². The molecule has 0 aliphatic rings. The summed E-state index contributed by atoms with van der Waals surface area (Å²) >= 11 is 0. The van der Waals surface area contributed by atoms with Crippen LogP contribution < -0.4 is 10.6 Å². The van der Waals surface area contributed by atoms with Crippen molar-refractivity contribution in [3.05, 3.63) is 48.3 Å². The van der Waals surface area contributed by atoms with Gasteiger partial charge < -0.3 is 15.7 Å². The van der Waals surface area contributed by atoms with Crippen LogP contribution in [0, 0.1) is 0 Å². The highest BCUT2D eigenvalue weighted by atomic mass is 16.3. The second-order valence-electron chi connectivity index (χ2n) is 4.83. The average molecular weight is 288 g/mol. The molecule has 1 atom stereocenters. The summed E-state index contributed by atoms with van der Waals surface area (Å²) in [6, 6.07) is 9.32. The van der Waals surface area contributed by atoms with Gasteiger partial charge in [0.1, 0.15) is 0 Å². The minimum atomic E-state index is -0.283. The van der Waals surface area contributed by atoms with Crippen molar-refractivity contribution in [3.63, 3.8) is 0 Å². The molecule has 1 heterocycles. The molecule has 112 valence electrons. The zero-order valence-corrected chi connectivity index (χ0v) is 12.0. The van der Waals surface area contributed by atoms with Crippen molar-refractivity contribution in [2.75, 3.05) is 11.9 Å². The molecule has 2 aromatic rings. The molecule has 1 unspecified atom stereocenters. The summed E-state index contributed by atoms with van der Waals surface area (Å²) in [7, 11) is 1.79. The molecule has 0 saturated carbocycles. The zero-order valence-electron chi connectivity index (χ0n) is 12.0. The van der Waals surface area contributed by atoms with E-state index in [0.29, 0.717) is 18.5 Å². The Hall–Kier alpha value is -2.34. The second kappa shape index (κ2) is 7.44. The van der Waals surface area contributed by atoms with E-state index in [1.165, 1.54) is 0 Å². The molecule has 0 radical (unpaired) electrons. The summed E-state index contributed by atoms with van der Waals surface area (Å²) < 4.78 is 1.62. The SMILES string of the molecule is Cn1cc(NC(=O)NC(CCCO)c2ccccc2)cn1. The third-order valence-corrected chi connectivity index (χ3v) is 3.12. The van der Waals surface area contributed by atoms with Crippen LogP contribution in [0.1, 0.15) is 24.4 Å². The average Bonchev–Trinajstić information content (AvgIpc) is 2.89. The molecule has 0 fully saturated rings. The molecule has 2 rings (SSSR count). The standard InChI is InChI=1S/C15H20N4O2/c1-19-11-13(10-16-19)17-15(21)18-14(8-5-9-20)12-6-3-2-4-7-12/h2-4,6-7,10-11,14,20H,5,8-9H2,1H3,(H2,17,18,21). The Balaban J connectivity index is 1.99. The number of nitrogens with zero attached hydrogens (tertiary/aromatic N) is 2. The van der Waals surface area contributed by atoms with Gasteiger partial charge in [-0.3, -0.25) is 4.68 Å². The minimum Gasteiger partial charge on any atom is -0.396 e. The number of amides is 2. The van der Waals surface area contributed by atoms with E-state index in [0.717, 1.165) is 5.56 Å². The molecule has 0 aliphatic heterocycles. The van der Waals surface area contributed by atoms with Gasteiger partial charge in [0.15, 0.2) is 0 Å². The second-order valence-corrected chi connectivity index (χ2v) is 4.83. The number of rotatable bonds is 6. The van der Waals surface area contributed by atoms with Gasteiger partial charge in [0, 0.05) is 19.9 Å². The number of hydrogen-bond acceptors (Lipinski definition) is 3. The lowest BCUT2D eigenvalue weighted by molar-refractivity contribution is 0.244. The van der Waals surface area contributed by atoms with Gasteiger partial charge in [-0.2, -0.15) is 5.10 Å². The molecule has 3 N–H and O–H groups in total. The van der Waals surface area contributed by atoms with Crippen LogP contribution >= 0.6 is 0 Å². The van der Waals surface area contributed by atoms with E-state index >= 15 is 0 Å². The molecule has 6 nitrogen and oxygen atoms in total. The molecular weight excluding hydrogens is 268 g/mol. The largest absolute Gasteiger partial charge is 0.396 e. The smallest absolute Gasteiger partial charge is 0.319 e. The molecule has 0 saturated heterocycles. The number of aliphatic hydroxyl groups excluding tert-OH is 1. The van der Waals surface area contributed by atoms with Crippen molar-refractivity contribution in [2.45, 2.75) is 18.9 Å². The Kier molecular flexibility index (Phi) is 5.34. The molecular formula is C15H20N4O2. The van der Waals surface area contributed by atoms with E-state index in [2.05, 4.69) is 15.7 Å². The van der Waals surface area contributed by atoms with E-state index < -0.39 is 0 Å². The number of nitrogens with one attached hydrogen (secondary N) is 2.